The molecular weight excluding hydrogens is 658 g/mol. The molecule has 0 radical (unpaired) electrons. The molecule has 1 fully saturated rings. The molecule has 0 saturated heterocycles. The summed E-state index contributed by atoms with van der Waals surface area (Å²) in [4.78, 5) is 82.1. The summed E-state index contributed by atoms with van der Waals surface area (Å²) >= 11 is 0. The molecule has 2 atom stereocenters. The third-order valence-electron chi connectivity index (χ3n) is 9.78. The summed E-state index contributed by atoms with van der Waals surface area (Å²) in [6.07, 6.45) is 19.5. The van der Waals surface area contributed by atoms with Crippen molar-refractivity contribution in [1.82, 2.24) is 16.0 Å². The lowest BCUT2D eigenvalue weighted by atomic mass is 9.81. The second-order valence-corrected chi connectivity index (χ2v) is 14.4. The Morgan fingerprint density at radius 3 is 1.45 bits per heavy atom. The number of nitrogens with one attached hydrogen (secondary N) is 3. The topological polar surface area (TPSA) is 216 Å². The molecule has 0 aromatic heterocycles. The fraction of sp³-hybridized carbons (Fsp3) is 0.816. The number of carbonyl (C=O) groups excluding carboxylic acids is 4. The Kier molecular flexibility index (Phi) is 25.1. The number of hydrogen-bond acceptors (Lipinski definition) is 7. The van der Waals surface area contributed by atoms with Crippen molar-refractivity contribution >= 4 is 41.4 Å². The SMILES string of the molecule is CC(=O)CC[C@H](NC(=O)CCC[C@H](NC(=O)[C@H]1CC[C@H](CNC(=O)CCCCCCCCCCCCCCCCC(=O)O)CC1)C(=O)O)C(=O)O. The fourth-order valence-electron chi connectivity index (χ4n) is 6.54. The van der Waals surface area contributed by atoms with Gasteiger partial charge in [-0.1, -0.05) is 77.0 Å². The highest BCUT2D eigenvalue weighted by Gasteiger charge is 2.30. The van der Waals surface area contributed by atoms with Crippen molar-refractivity contribution in [3.63, 3.8) is 0 Å². The van der Waals surface area contributed by atoms with Gasteiger partial charge in [-0.05, 0) is 70.6 Å². The van der Waals surface area contributed by atoms with Gasteiger partial charge in [0.15, 0.2) is 0 Å². The first-order chi connectivity index (χ1) is 24.4. The minimum Gasteiger partial charge on any atom is -0.481 e. The van der Waals surface area contributed by atoms with E-state index in [-0.39, 0.29) is 68.0 Å². The fourth-order valence-corrected chi connectivity index (χ4v) is 6.54. The van der Waals surface area contributed by atoms with Gasteiger partial charge in [0, 0.05) is 38.1 Å². The van der Waals surface area contributed by atoms with Gasteiger partial charge in [-0.2, -0.15) is 0 Å². The zero-order valence-electron chi connectivity index (χ0n) is 30.9. The third-order valence-corrected chi connectivity index (χ3v) is 9.78. The molecule has 1 aliphatic rings. The van der Waals surface area contributed by atoms with Gasteiger partial charge >= 0.3 is 17.9 Å². The number of carboxylic acids is 3. The first-order valence-corrected chi connectivity index (χ1v) is 19.4. The Morgan fingerprint density at radius 1 is 0.529 bits per heavy atom. The Balaban J connectivity index is 2.11. The second kappa shape index (κ2) is 28.1. The van der Waals surface area contributed by atoms with Crippen molar-refractivity contribution in [3.05, 3.63) is 0 Å². The number of Topliss-reactive ketones (excluding diaryl/α,β-unsaturated/α-hetero) is 1. The predicted molar refractivity (Wildman–Crippen MR) is 193 cm³/mol. The third kappa shape index (κ3) is 24.3. The van der Waals surface area contributed by atoms with Crippen molar-refractivity contribution in [2.24, 2.45) is 11.8 Å². The minimum atomic E-state index is -1.25. The van der Waals surface area contributed by atoms with Crippen molar-refractivity contribution in [1.29, 1.82) is 0 Å². The van der Waals surface area contributed by atoms with Gasteiger partial charge in [0.1, 0.15) is 17.9 Å². The van der Waals surface area contributed by atoms with Crippen molar-refractivity contribution < 1.29 is 48.9 Å². The van der Waals surface area contributed by atoms with E-state index in [1.54, 1.807) is 0 Å². The van der Waals surface area contributed by atoms with Crippen LogP contribution in [0, 0.1) is 11.8 Å². The number of rotatable bonds is 31. The molecular formula is C38H65N3O10. The highest BCUT2D eigenvalue weighted by Crippen LogP contribution is 2.29. The molecule has 0 aromatic rings. The van der Waals surface area contributed by atoms with Gasteiger partial charge in [-0.3, -0.25) is 19.2 Å². The Bertz CT molecular complexity index is 1070. The zero-order valence-corrected chi connectivity index (χ0v) is 30.9. The van der Waals surface area contributed by atoms with Gasteiger partial charge in [0.05, 0.1) is 0 Å². The maximum absolute atomic E-state index is 12.8. The number of hydrogen-bond donors (Lipinski definition) is 6. The molecule has 0 aromatic carbocycles. The molecule has 0 heterocycles. The zero-order chi connectivity index (χ0) is 37.9. The predicted octanol–water partition coefficient (Wildman–Crippen LogP) is 5.91. The molecule has 0 aliphatic heterocycles. The van der Waals surface area contributed by atoms with Crippen LogP contribution in [0.15, 0.2) is 0 Å². The number of carboxylic acid groups (broad SMARTS) is 3. The number of amides is 3. The van der Waals surface area contributed by atoms with Crippen LogP contribution in [0.4, 0.5) is 0 Å². The Labute approximate surface area is 303 Å². The normalized spacial score (nSPS) is 16.8. The van der Waals surface area contributed by atoms with E-state index >= 15 is 0 Å². The van der Waals surface area contributed by atoms with Crippen LogP contribution in [0.1, 0.15) is 167 Å². The van der Waals surface area contributed by atoms with E-state index in [1.165, 1.54) is 58.3 Å². The van der Waals surface area contributed by atoms with Gasteiger partial charge in [0.2, 0.25) is 17.7 Å². The van der Waals surface area contributed by atoms with E-state index in [9.17, 15) is 43.8 Å². The average molecular weight is 724 g/mol. The van der Waals surface area contributed by atoms with Crippen LogP contribution in [0.25, 0.3) is 0 Å². The number of ketones is 1. The summed E-state index contributed by atoms with van der Waals surface area (Å²) in [6, 6.07) is -2.36. The standard InChI is InChI=1S/C38H65N3O10/c1-28(42)21-26-32(38(50)51)40-34(44)19-16-17-31(37(48)49)41-36(47)30-24-22-29(23-25-30)27-39-33(43)18-14-12-10-8-6-4-2-3-5-7-9-11-13-15-20-35(45)46/h29-32H,2-27H2,1H3,(H,39,43)(H,40,44)(H,41,47)(H,45,46)(H,48,49)(H,50,51)/t29-,30-,31-,32-/m0/s1. The summed E-state index contributed by atoms with van der Waals surface area (Å²) in [5.74, 6) is -4.20. The summed E-state index contributed by atoms with van der Waals surface area (Å²) in [5.41, 5.74) is 0. The van der Waals surface area contributed by atoms with Gasteiger partial charge in [-0.15, -0.1) is 0 Å². The summed E-state index contributed by atoms with van der Waals surface area (Å²) < 4.78 is 0. The van der Waals surface area contributed by atoms with Crippen molar-refractivity contribution in [2.75, 3.05) is 6.54 Å². The first kappa shape index (κ1) is 45.5. The maximum Gasteiger partial charge on any atom is 0.326 e. The lowest BCUT2D eigenvalue weighted by Crippen LogP contribution is -2.45. The van der Waals surface area contributed by atoms with Crippen LogP contribution in [0.2, 0.25) is 0 Å². The smallest absolute Gasteiger partial charge is 0.326 e. The van der Waals surface area contributed by atoms with Crippen molar-refractivity contribution in [2.45, 2.75) is 180 Å². The molecule has 0 unspecified atom stereocenters. The second-order valence-electron chi connectivity index (χ2n) is 14.4. The van der Waals surface area contributed by atoms with Crippen LogP contribution >= 0.6 is 0 Å². The summed E-state index contributed by atoms with van der Waals surface area (Å²) in [6.45, 7) is 1.92. The van der Waals surface area contributed by atoms with E-state index in [0.717, 1.165) is 51.4 Å². The molecule has 1 aliphatic carbocycles. The van der Waals surface area contributed by atoms with Crippen LogP contribution in [0.5, 0.6) is 0 Å². The summed E-state index contributed by atoms with van der Waals surface area (Å²) in [7, 11) is 0. The Morgan fingerprint density at radius 2 is 0.980 bits per heavy atom. The quantitative estimate of drug-likeness (QED) is 0.0465. The average Bonchev–Trinajstić information content (AvgIpc) is 3.08. The van der Waals surface area contributed by atoms with Crippen LogP contribution in [-0.2, 0) is 33.6 Å². The molecule has 0 spiro atoms. The van der Waals surface area contributed by atoms with Crippen LogP contribution < -0.4 is 16.0 Å². The van der Waals surface area contributed by atoms with Crippen LogP contribution in [-0.4, -0.2) is 75.4 Å². The molecule has 3 amide bonds. The first-order valence-electron chi connectivity index (χ1n) is 19.4. The van der Waals surface area contributed by atoms with E-state index < -0.39 is 35.9 Å². The minimum absolute atomic E-state index is 0.0167. The Hall–Kier alpha value is -3.51. The number of aliphatic carboxylic acids is 3. The monoisotopic (exact) mass is 723 g/mol. The van der Waals surface area contributed by atoms with Crippen LogP contribution in [0.3, 0.4) is 0 Å². The molecule has 1 rings (SSSR count). The maximum atomic E-state index is 12.8. The molecule has 6 N–H and O–H groups in total. The van der Waals surface area contributed by atoms with E-state index in [0.29, 0.717) is 25.8 Å². The molecule has 1 saturated carbocycles. The molecule has 13 heteroatoms. The van der Waals surface area contributed by atoms with Crippen molar-refractivity contribution in [3.8, 4) is 0 Å². The van der Waals surface area contributed by atoms with Gasteiger partial charge in [0.25, 0.3) is 0 Å². The van der Waals surface area contributed by atoms with E-state index in [4.69, 9.17) is 5.11 Å². The van der Waals surface area contributed by atoms with Gasteiger partial charge in [-0.25, -0.2) is 9.59 Å². The lowest BCUT2D eigenvalue weighted by Gasteiger charge is -2.28. The molecule has 0 bridgehead atoms. The molecule has 51 heavy (non-hydrogen) atoms. The van der Waals surface area contributed by atoms with E-state index in [1.807, 2.05) is 0 Å². The van der Waals surface area contributed by atoms with Gasteiger partial charge < -0.3 is 36.1 Å². The molecule has 13 nitrogen and oxygen atoms in total. The highest BCUT2D eigenvalue weighted by molar-refractivity contribution is 5.86. The number of unbranched alkanes of at least 4 members (excludes halogenated alkanes) is 13. The summed E-state index contributed by atoms with van der Waals surface area (Å²) in [5, 5.41) is 35.5. The van der Waals surface area contributed by atoms with E-state index in [2.05, 4.69) is 16.0 Å². The number of carbonyl (C=O) groups is 7. The largest absolute Gasteiger partial charge is 0.481 e. The molecule has 292 valence electrons. The lowest BCUT2D eigenvalue weighted by molar-refractivity contribution is -0.143. The highest BCUT2D eigenvalue weighted by atomic mass is 16.4.